The number of rotatable bonds is 6. The first kappa shape index (κ1) is 18.8. The first-order valence-electron chi connectivity index (χ1n) is 10.4. The van der Waals surface area contributed by atoms with Gasteiger partial charge in [-0.15, -0.1) is 0 Å². The molecule has 7 nitrogen and oxygen atoms in total. The number of ether oxygens (including phenoxy) is 1. The van der Waals surface area contributed by atoms with Crippen LogP contribution in [0.4, 0.5) is 0 Å². The monoisotopic (exact) mass is 403 g/mol. The lowest BCUT2D eigenvalue weighted by Crippen LogP contribution is -2.27. The Kier molecular flexibility index (Phi) is 4.98. The van der Waals surface area contributed by atoms with Crippen LogP contribution in [0.15, 0.2) is 42.5 Å². The van der Waals surface area contributed by atoms with Gasteiger partial charge in [-0.2, -0.15) is 5.10 Å². The largest absolute Gasteiger partial charge is 0.381 e. The van der Waals surface area contributed by atoms with E-state index >= 15 is 0 Å². The van der Waals surface area contributed by atoms with Gasteiger partial charge in [0.2, 0.25) is 5.91 Å². The van der Waals surface area contributed by atoms with Crippen molar-refractivity contribution in [1.82, 2.24) is 20.5 Å². The van der Waals surface area contributed by atoms with Crippen molar-refractivity contribution in [2.24, 2.45) is 11.7 Å². The summed E-state index contributed by atoms with van der Waals surface area (Å²) in [5, 5.41) is 13.1. The number of hydrogen-bond acceptors (Lipinski definition) is 4. The minimum atomic E-state index is -0.448. The van der Waals surface area contributed by atoms with Crippen molar-refractivity contribution in [2.45, 2.75) is 19.4 Å². The van der Waals surface area contributed by atoms with Gasteiger partial charge < -0.3 is 20.8 Å². The van der Waals surface area contributed by atoms with E-state index in [2.05, 4.69) is 44.8 Å². The van der Waals surface area contributed by atoms with Crippen LogP contribution in [0.5, 0.6) is 0 Å². The number of fused-ring (bicyclic) bond motifs is 2. The topological polar surface area (TPSA) is 109 Å². The van der Waals surface area contributed by atoms with Crippen LogP contribution in [0.3, 0.4) is 0 Å². The number of hydrogen-bond donors (Lipinski definition) is 4. The van der Waals surface area contributed by atoms with Crippen LogP contribution in [0.25, 0.3) is 33.2 Å². The van der Waals surface area contributed by atoms with Crippen molar-refractivity contribution >= 4 is 27.7 Å². The molecule has 0 unspecified atom stereocenters. The third kappa shape index (κ3) is 3.69. The molecule has 154 valence electrons. The van der Waals surface area contributed by atoms with Gasteiger partial charge in [0.25, 0.3) is 0 Å². The standard InChI is InChI=1S/C23H25N5O2/c24-23(29)16-2-3-18-20(10-16)27-28-22(18)21-11-17-9-15(1-4-19(17)26-21)13-25-12-14-5-7-30-8-6-14/h1-4,9-11,14,25-26H,5-8,12-13H2,(H2,24,29)(H,27,28). The fourth-order valence-electron chi connectivity index (χ4n) is 4.17. The minimum Gasteiger partial charge on any atom is -0.381 e. The lowest BCUT2D eigenvalue weighted by Gasteiger charge is -2.22. The molecule has 2 aromatic carbocycles. The zero-order valence-corrected chi connectivity index (χ0v) is 16.7. The maximum atomic E-state index is 11.4. The number of carbonyl (C=O) groups is 1. The summed E-state index contributed by atoms with van der Waals surface area (Å²) in [5.74, 6) is 0.265. The number of aromatic amines is 2. The summed E-state index contributed by atoms with van der Waals surface area (Å²) in [5.41, 5.74) is 10.7. The Labute approximate surface area is 174 Å². The number of nitrogens with two attached hydrogens (primary N) is 1. The molecule has 0 aliphatic carbocycles. The van der Waals surface area contributed by atoms with Crippen LogP contribution < -0.4 is 11.1 Å². The van der Waals surface area contributed by atoms with Crippen LogP contribution >= 0.6 is 0 Å². The molecule has 0 radical (unpaired) electrons. The molecule has 7 heteroatoms. The Bertz CT molecular complexity index is 1200. The van der Waals surface area contributed by atoms with Gasteiger partial charge in [0.05, 0.1) is 11.2 Å². The molecule has 1 amide bonds. The van der Waals surface area contributed by atoms with Crippen LogP contribution in [-0.2, 0) is 11.3 Å². The van der Waals surface area contributed by atoms with Crippen molar-refractivity contribution in [3.8, 4) is 11.4 Å². The van der Waals surface area contributed by atoms with E-state index in [0.717, 1.165) is 72.3 Å². The Morgan fingerprint density at radius 1 is 1.13 bits per heavy atom. The Morgan fingerprint density at radius 2 is 2.00 bits per heavy atom. The number of benzene rings is 2. The minimum absolute atomic E-state index is 0.448. The lowest BCUT2D eigenvalue weighted by atomic mass is 10.0. The molecule has 4 aromatic rings. The van der Waals surface area contributed by atoms with Crippen LogP contribution in [0.2, 0.25) is 0 Å². The number of nitrogens with one attached hydrogen (secondary N) is 3. The first-order valence-corrected chi connectivity index (χ1v) is 10.4. The lowest BCUT2D eigenvalue weighted by molar-refractivity contribution is 0.0662. The van der Waals surface area contributed by atoms with Gasteiger partial charge in [0, 0.05) is 41.6 Å². The summed E-state index contributed by atoms with van der Waals surface area (Å²) in [6.45, 7) is 3.66. The summed E-state index contributed by atoms with van der Waals surface area (Å²) in [7, 11) is 0. The van der Waals surface area contributed by atoms with E-state index in [-0.39, 0.29) is 0 Å². The zero-order chi connectivity index (χ0) is 20.5. The summed E-state index contributed by atoms with van der Waals surface area (Å²) in [6.07, 6.45) is 2.29. The molecule has 0 spiro atoms. The van der Waals surface area contributed by atoms with E-state index in [1.54, 1.807) is 12.1 Å². The molecule has 1 fully saturated rings. The Hall–Kier alpha value is -3.16. The Balaban J connectivity index is 1.35. The maximum absolute atomic E-state index is 11.4. The predicted octanol–water partition coefficient (Wildman–Crippen LogP) is 3.33. The van der Waals surface area contributed by atoms with E-state index in [0.29, 0.717) is 11.5 Å². The Morgan fingerprint density at radius 3 is 2.83 bits per heavy atom. The number of carbonyl (C=O) groups excluding carboxylic acids is 1. The van der Waals surface area contributed by atoms with Gasteiger partial charge in [-0.1, -0.05) is 6.07 Å². The van der Waals surface area contributed by atoms with E-state index in [1.165, 1.54) is 5.56 Å². The maximum Gasteiger partial charge on any atom is 0.248 e. The predicted molar refractivity (Wildman–Crippen MR) is 117 cm³/mol. The molecule has 1 saturated heterocycles. The number of amides is 1. The highest BCUT2D eigenvalue weighted by atomic mass is 16.5. The second-order valence-electron chi connectivity index (χ2n) is 7.99. The van der Waals surface area contributed by atoms with E-state index < -0.39 is 5.91 Å². The molecule has 30 heavy (non-hydrogen) atoms. The zero-order valence-electron chi connectivity index (χ0n) is 16.7. The molecule has 0 bridgehead atoms. The number of primary amides is 1. The average Bonchev–Trinajstić information content (AvgIpc) is 3.37. The molecular formula is C23H25N5O2. The van der Waals surface area contributed by atoms with Crippen LogP contribution in [0, 0.1) is 5.92 Å². The number of aromatic nitrogens is 3. The van der Waals surface area contributed by atoms with Crippen molar-refractivity contribution < 1.29 is 9.53 Å². The van der Waals surface area contributed by atoms with Gasteiger partial charge >= 0.3 is 0 Å². The van der Waals surface area contributed by atoms with E-state index in [9.17, 15) is 4.79 Å². The quantitative estimate of drug-likeness (QED) is 0.396. The van der Waals surface area contributed by atoms with Gasteiger partial charge in [-0.3, -0.25) is 9.89 Å². The number of nitrogens with zero attached hydrogens (tertiary/aromatic N) is 1. The van der Waals surface area contributed by atoms with Gasteiger partial charge in [-0.05, 0) is 67.3 Å². The summed E-state index contributed by atoms with van der Waals surface area (Å²) in [4.78, 5) is 14.9. The fraction of sp³-hybridized carbons (Fsp3) is 0.304. The van der Waals surface area contributed by atoms with Gasteiger partial charge in [0.1, 0.15) is 5.69 Å². The third-order valence-corrected chi connectivity index (χ3v) is 5.89. The third-order valence-electron chi connectivity index (χ3n) is 5.89. The molecule has 3 heterocycles. The van der Waals surface area contributed by atoms with Gasteiger partial charge in [0.15, 0.2) is 0 Å². The SMILES string of the molecule is NC(=O)c1ccc2c(-c3cc4cc(CNCC5CCOCC5)ccc4[nH]3)n[nH]c2c1. The molecule has 5 rings (SSSR count). The summed E-state index contributed by atoms with van der Waals surface area (Å²) in [6, 6.07) is 14.0. The van der Waals surface area contributed by atoms with Crippen molar-refractivity contribution in [3.05, 3.63) is 53.6 Å². The summed E-state index contributed by atoms with van der Waals surface area (Å²) < 4.78 is 5.43. The number of H-pyrrole nitrogens is 2. The molecular weight excluding hydrogens is 378 g/mol. The van der Waals surface area contributed by atoms with Gasteiger partial charge in [-0.25, -0.2) is 0 Å². The van der Waals surface area contributed by atoms with E-state index in [1.807, 2.05) is 6.07 Å². The summed E-state index contributed by atoms with van der Waals surface area (Å²) >= 11 is 0. The highest BCUT2D eigenvalue weighted by molar-refractivity contribution is 6.00. The smallest absolute Gasteiger partial charge is 0.248 e. The molecule has 0 atom stereocenters. The van der Waals surface area contributed by atoms with Crippen molar-refractivity contribution in [1.29, 1.82) is 0 Å². The molecule has 2 aromatic heterocycles. The van der Waals surface area contributed by atoms with Crippen LogP contribution in [-0.4, -0.2) is 40.8 Å². The van der Waals surface area contributed by atoms with E-state index in [4.69, 9.17) is 10.5 Å². The van der Waals surface area contributed by atoms with Crippen LogP contribution in [0.1, 0.15) is 28.8 Å². The first-order chi connectivity index (χ1) is 14.7. The second-order valence-corrected chi connectivity index (χ2v) is 7.99. The normalized spacial score (nSPS) is 15.2. The molecule has 5 N–H and O–H groups in total. The molecule has 1 aliphatic heterocycles. The highest BCUT2D eigenvalue weighted by Gasteiger charge is 2.14. The average molecular weight is 403 g/mol. The van der Waals surface area contributed by atoms with Crippen molar-refractivity contribution in [2.75, 3.05) is 19.8 Å². The van der Waals surface area contributed by atoms with Crippen molar-refractivity contribution in [3.63, 3.8) is 0 Å². The highest BCUT2D eigenvalue weighted by Crippen LogP contribution is 2.29. The second kappa shape index (κ2) is 7.93. The molecule has 1 aliphatic rings. The fourth-order valence-corrected chi connectivity index (χ4v) is 4.17. The molecule has 0 saturated carbocycles.